The smallest absolute Gasteiger partial charge is 0.175 e. The van der Waals surface area contributed by atoms with Crippen LogP contribution in [0.4, 0.5) is 0 Å². The van der Waals surface area contributed by atoms with E-state index in [1.807, 2.05) is 41.2 Å². The Morgan fingerprint density at radius 1 is 1.16 bits per heavy atom. The normalized spacial score (nSPS) is 34.7. The molecule has 0 aliphatic heterocycles. The highest BCUT2D eigenvalue weighted by atomic mass is 32.2. The molecule has 0 saturated heterocycles. The first-order valence-corrected chi connectivity index (χ1v) is 17.0. The van der Waals surface area contributed by atoms with Crippen molar-refractivity contribution in [2.24, 2.45) is 28.6 Å². The van der Waals surface area contributed by atoms with Crippen LogP contribution in [0.1, 0.15) is 57.2 Å². The number of Topliss-reactive ketones (excluding diaryl/α,β-unsaturated/α-hetero) is 1. The number of aliphatic hydroxyl groups is 2. The number of hydrogen-bond acceptors (Lipinski definition) is 9. The lowest BCUT2D eigenvalue weighted by Crippen LogP contribution is -2.62. The molecule has 4 aromatic rings. The van der Waals surface area contributed by atoms with E-state index in [1.54, 1.807) is 12.4 Å². The lowest BCUT2D eigenvalue weighted by molar-refractivity contribution is -0.177. The van der Waals surface area contributed by atoms with E-state index in [9.17, 15) is 15.0 Å². The molecule has 7 atom stereocenters. The molecular formula is C33H35N5O3S2. The molecule has 4 aliphatic rings. The summed E-state index contributed by atoms with van der Waals surface area (Å²) < 4.78 is 2.71. The van der Waals surface area contributed by atoms with Crippen LogP contribution in [0.25, 0.3) is 22.2 Å². The summed E-state index contributed by atoms with van der Waals surface area (Å²) in [6, 6.07) is 9.63. The topological polar surface area (TPSA) is 114 Å². The zero-order valence-corrected chi connectivity index (χ0v) is 25.9. The molecule has 222 valence electrons. The second-order valence-electron chi connectivity index (χ2n) is 13.4. The van der Waals surface area contributed by atoms with Crippen LogP contribution in [-0.4, -0.2) is 58.2 Å². The molecule has 4 aromatic heterocycles. The van der Waals surface area contributed by atoms with E-state index in [0.29, 0.717) is 12.8 Å². The van der Waals surface area contributed by atoms with Gasteiger partial charge in [0.25, 0.3) is 0 Å². The molecule has 0 spiro atoms. The molecule has 8 rings (SSSR count). The number of ketones is 1. The summed E-state index contributed by atoms with van der Waals surface area (Å²) in [4.78, 5) is 28.2. The second-order valence-corrected chi connectivity index (χ2v) is 15.6. The van der Waals surface area contributed by atoms with Gasteiger partial charge in [-0.15, -0.1) is 0 Å². The van der Waals surface area contributed by atoms with Gasteiger partial charge in [-0.3, -0.25) is 4.79 Å². The Labute approximate surface area is 258 Å². The molecule has 4 aliphatic carbocycles. The summed E-state index contributed by atoms with van der Waals surface area (Å²) in [7, 11) is 0. The van der Waals surface area contributed by atoms with Gasteiger partial charge in [0.05, 0.1) is 23.7 Å². The highest BCUT2D eigenvalue weighted by Gasteiger charge is 2.68. The Hall–Kier alpha value is -2.92. The van der Waals surface area contributed by atoms with Gasteiger partial charge in [0.2, 0.25) is 0 Å². The van der Waals surface area contributed by atoms with E-state index in [4.69, 9.17) is 5.10 Å². The Balaban J connectivity index is 1.05. The number of rotatable bonds is 5. The van der Waals surface area contributed by atoms with Crippen molar-refractivity contribution < 1.29 is 15.0 Å². The number of aliphatic hydroxyl groups excluding tert-OH is 1. The van der Waals surface area contributed by atoms with Gasteiger partial charge in [-0.1, -0.05) is 48.6 Å². The van der Waals surface area contributed by atoms with Crippen LogP contribution in [-0.2, 0) is 11.2 Å². The summed E-state index contributed by atoms with van der Waals surface area (Å²) in [5.41, 5.74) is 2.14. The number of nitrogens with zero attached hydrogens (tertiary/aromatic N) is 5. The summed E-state index contributed by atoms with van der Waals surface area (Å²) in [6.45, 7) is 4.39. The molecule has 8 nitrogen and oxygen atoms in total. The second kappa shape index (κ2) is 9.79. The number of aromatic nitrogens is 5. The fourth-order valence-corrected chi connectivity index (χ4v) is 11.3. The first kappa shape index (κ1) is 27.6. The highest BCUT2D eigenvalue weighted by molar-refractivity contribution is 8.01. The molecule has 4 heterocycles. The first-order valence-electron chi connectivity index (χ1n) is 15.2. The maximum absolute atomic E-state index is 13.8. The maximum atomic E-state index is 13.8. The summed E-state index contributed by atoms with van der Waals surface area (Å²) in [5, 5.41) is 28.8. The van der Waals surface area contributed by atoms with Gasteiger partial charge in [0.1, 0.15) is 15.9 Å². The molecule has 2 N–H and O–H groups in total. The summed E-state index contributed by atoms with van der Waals surface area (Å²) in [6.07, 6.45) is 11.6. The molecule has 0 amide bonds. The van der Waals surface area contributed by atoms with Gasteiger partial charge in [0.15, 0.2) is 15.9 Å². The van der Waals surface area contributed by atoms with Crippen LogP contribution in [0.2, 0.25) is 0 Å². The molecule has 0 aromatic carbocycles. The number of pyridine rings is 2. The number of hydrogen-bond donors (Lipinski definition) is 2. The molecule has 43 heavy (non-hydrogen) atoms. The SMILES string of the molecule is CC12Cc3cnn(-c4ccccn4)c3C=C1CCC1C2C(O)CC2(C)C1CC[C@]2(O)C(=O)CSc1nc2cccnc2s1. The molecule has 0 bridgehead atoms. The highest BCUT2D eigenvalue weighted by Crippen LogP contribution is 2.67. The standard InChI is InChI=1S/C33H35N5O3S2/c1-31-15-19-17-36-38(27-7-3-4-12-34-27)24(19)14-20(31)8-9-21-22-10-11-33(41,32(22,2)16-25(39)28(21)31)26(40)18-42-30-37-23-6-5-13-35-29(23)43-30/h3-7,12-14,17,21-22,25,28,39,41H,8-11,15-16,18H2,1-2H3/t21?,22?,25?,28?,31?,32?,33-/m0/s1. The van der Waals surface area contributed by atoms with Crippen molar-refractivity contribution in [3.63, 3.8) is 0 Å². The number of allylic oxidation sites excluding steroid dienone is 1. The maximum Gasteiger partial charge on any atom is 0.175 e. The molecular weight excluding hydrogens is 579 g/mol. The molecule has 3 saturated carbocycles. The Morgan fingerprint density at radius 2 is 2.02 bits per heavy atom. The summed E-state index contributed by atoms with van der Waals surface area (Å²) in [5.74, 6) is 1.32. The minimum absolute atomic E-state index is 0.0685. The van der Waals surface area contributed by atoms with Crippen molar-refractivity contribution in [1.29, 1.82) is 0 Å². The number of thioether (sulfide) groups is 1. The predicted molar refractivity (Wildman–Crippen MR) is 167 cm³/mol. The summed E-state index contributed by atoms with van der Waals surface area (Å²) >= 11 is 2.86. The van der Waals surface area contributed by atoms with Gasteiger partial charge in [-0.25, -0.2) is 19.6 Å². The fraction of sp³-hybridized carbons (Fsp3) is 0.485. The largest absolute Gasteiger partial charge is 0.393 e. The zero-order chi connectivity index (χ0) is 29.6. The zero-order valence-electron chi connectivity index (χ0n) is 24.3. The quantitative estimate of drug-likeness (QED) is 0.283. The molecule has 3 fully saturated rings. The number of fused-ring (bicyclic) bond motifs is 7. The van der Waals surface area contributed by atoms with E-state index in [2.05, 4.69) is 34.9 Å². The first-order chi connectivity index (χ1) is 20.7. The minimum Gasteiger partial charge on any atom is -0.393 e. The van der Waals surface area contributed by atoms with E-state index < -0.39 is 17.1 Å². The third-order valence-corrected chi connectivity index (χ3v) is 13.5. The van der Waals surface area contributed by atoms with Gasteiger partial charge < -0.3 is 10.2 Å². The Morgan fingerprint density at radius 3 is 2.84 bits per heavy atom. The van der Waals surface area contributed by atoms with Gasteiger partial charge in [-0.05, 0) is 97.6 Å². The molecule has 0 radical (unpaired) electrons. The van der Waals surface area contributed by atoms with E-state index >= 15 is 0 Å². The van der Waals surface area contributed by atoms with Gasteiger partial charge in [0, 0.05) is 17.8 Å². The Bertz CT molecular complexity index is 1740. The third kappa shape index (κ3) is 3.99. The minimum atomic E-state index is -1.45. The van der Waals surface area contributed by atoms with Crippen LogP contribution in [0.15, 0.2) is 58.8 Å². The lowest BCUT2D eigenvalue weighted by Gasteiger charge is -2.60. The van der Waals surface area contributed by atoms with Crippen molar-refractivity contribution in [3.8, 4) is 5.82 Å². The average Bonchev–Trinajstić information content (AvgIpc) is 3.68. The molecule has 6 unspecified atom stereocenters. The number of carbonyl (C=O) groups is 1. The van der Waals surface area contributed by atoms with Crippen LogP contribution < -0.4 is 0 Å². The number of carbonyl (C=O) groups excluding carboxylic acids is 1. The van der Waals surface area contributed by atoms with Crippen molar-refractivity contribution >= 4 is 45.3 Å². The predicted octanol–water partition coefficient (Wildman–Crippen LogP) is 5.52. The van der Waals surface area contributed by atoms with Gasteiger partial charge in [-0.2, -0.15) is 5.10 Å². The number of thiazole rings is 1. The average molecular weight is 614 g/mol. The van der Waals surface area contributed by atoms with E-state index in [-0.39, 0.29) is 34.7 Å². The Kier molecular flexibility index (Phi) is 6.29. The van der Waals surface area contributed by atoms with Gasteiger partial charge >= 0.3 is 0 Å². The van der Waals surface area contributed by atoms with Crippen molar-refractivity contribution in [2.45, 2.75) is 68.4 Å². The van der Waals surface area contributed by atoms with Crippen LogP contribution >= 0.6 is 23.1 Å². The van der Waals surface area contributed by atoms with Crippen molar-refractivity contribution in [2.75, 3.05) is 5.75 Å². The lowest BCUT2D eigenvalue weighted by atomic mass is 9.45. The van der Waals surface area contributed by atoms with Crippen LogP contribution in [0, 0.1) is 28.6 Å². The van der Waals surface area contributed by atoms with Crippen molar-refractivity contribution in [3.05, 3.63) is 65.8 Å². The third-order valence-electron chi connectivity index (χ3n) is 11.4. The fourth-order valence-electron chi connectivity index (χ4n) is 9.37. The van der Waals surface area contributed by atoms with E-state index in [0.717, 1.165) is 51.9 Å². The van der Waals surface area contributed by atoms with Crippen LogP contribution in [0.5, 0.6) is 0 Å². The monoisotopic (exact) mass is 613 g/mol. The van der Waals surface area contributed by atoms with Crippen LogP contribution in [0.3, 0.4) is 0 Å². The van der Waals surface area contributed by atoms with Crippen molar-refractivity contribution in [1.82, 2.24) is 24.7 Å². The van der Waals surface area contributed by atoms with E-state index in [1.165, 1.54) is 34.2 Å². The molecule has 10 heteroatoms.